The normalized spacial score (nSPS) is 13.9. The molecule has 11 nitrogen and oxygen atoms in total. The zero-order valence-corrected chi connectivity index (χ0v) is 26.9. The zero-order valence-electron chi connectivity index (χ0n) is 26.9. The van der Waals surface area contributed by atoms with Gasteiger partial charge in [-0.2, -0.15) is 0 Å². The maximum absolute atomic E-state index is 13.9. The molecule has 2 aromatic rings. The van der Waals surface area contributed by atoms with E-state index in [1.165, 1.54) is 50.7 Å². The van der Waals surface area contributed by atoms with Crippen LogP contribution in [0.25, 0.3) is 0 Å². The molecule has 0 amide bonds. The predicted octanol–water partition coefficient (Wildman–Crippen LogP) is 3.78. The summed E-state index contributed by atoms with van der Waals surface area (Å²) in [5, 5.41) is 0. The Bertz CT molecular complexity index is 1150. The van der Waals surface area contributed by atoms with Crippen molar-refractivity contribution in [1.29, 1.82) is 0 Å². The zero-order chi connectivity index (χ0) is 32.5. The van der Waals surface area contributed by atoms with Gasteiger partial charge in [0.1, 0.15) is 17.9 Å². The number of esters is 3. The lowest BCUT2D eigenvalue weighted by Crippen LogP contribution is -2.90. The smallest absolute Gasteiger partial charge is 0.343 e. The summed E-state index contributed by atoms with van der Waals surface area (Å²) < 4.78 is 16.2. The Hall–Kier alpha value is -3.35. The summed E-state index contributed by atoms with van der Waals surface area (Å²) in [5.74, 6) is -3.41. The summed E-state index contributed by atoms with van der Waals surface area (Å²) in [7, 11) is 0. The number of carbonyl (C=O) groups is 3. The van der Waals surface area contributed by atoms with Gasteiger partial charge in [0.05, 0.1) is 6.61 Å². The van der Waals surface area contributed by atoms with Gasteiger partial charge in [0.2, 0.25) is 0 Å². The summed E-state index contributed by atoms with van der Waals surface area (Å²) in [6, 6.07) is 16.8. The van der Waals surface area contributed by atoms with E-state index >= 15 is 0 Å². The minimum atomic E-state index is -2.78. The largest absolute Gasteiger partial charge is 0.465 e. The monoisotopic (exact) mass is 630 g/mol. The second-order valence-corrected chi connectivity index (χ2v) is 11.4. The Morgan fingerprint density at radius 2 is 1.11 bits per heavy atom. The molecule has 45 heavy (non-hydrogen) atoms. The van der Waals surface area contributed by atoms with Crippen molar-refractivity contribution >= 4 is 17.9 Å². The third kappa shape index (κ3) is 10.9. The SMILES string of the molecule is CCCCCCCCCCCCCC(N)(C(=O)OCC)C(N)(C(=O)Oc1ccccc1)C(N)(N)C(=O)OCc1ccccc1.O. The second kappa shape index (κ2) is 19.9. The fourth-order valence-corrected chi connectivity index (χ4v) is 5.19. The van der Waals surface area contributed by atoms with Crippen LogP contribution in [-0.4, -0.2) is 46.7 Å². The number of unbranched alkanes of at least 4 members (excludes halogenated alkanes) is 10. The lowest BCUT2D eigenvalue weighted by molar-refractivity contribution is -0.172. The van der Waals surface area contributed by atoms with Crippen molar-refractivity contribution in [3.8, 4) is 5.75 Å². The van der Waals surface area contributed by atoms with Gasteiger partial charge in [0, 0.05) is 0 Å². The van der Waals surface area contributed by atoms with Gasteiger partial charge in [-0.05, 0) is 31.0 Å². The van der Waals surface area contributed by atoms with Gasteiger partial charge in [-0.15, -0.1) is 0 Å². The van der Waals surface area contributed by atoms with Crippen molar-refractivity contribution in [3.63, 3.8) is 0 Å². The third-order valence-corrected chi connectivity index (χ3v) is 8.00. The molecular weight excluding hydrogens is 576 g/mol. The van der Waals surface area contributed by atoms with E-state index in [-0.39, 0.29) is 30.9 Å². The molecule has 0 heterocycles. The number of ether oxygens (including phenoxy) is 3. The molecule has 2 rings (SSSR count). The van der Waals surface area contributed by atoms with Crippen LogP contribution < -0.4 is 27.7 Å². The molecule has 0 saturated carbocycles. The molecular formula is C34H54N4O7. The van der Waals surface area contributed by atoms with Crippen LogP contribution in [0, 0.1) is 0 Å². The number of benzene rings is 2. The minimum Gasteiger partial charge on any atom is -0.465 e. The summed E-state index contributed by atoms with van der Waals surface area (Å²) in [5.41, 5.74) is 19.0. The fourth-order valence-electron chi connectivity index (χ4n) is 5.19. The summed E-state index contributed by atoms with van der Waals surface area (Å²) >= 11 is 0. The molecule has 0 aliphatic rings. The molecule has 0 fully saturated rings. The molecule has 0 radical (unpaired) electrons. The van der Waals surface area contributed by atoms with Crippen LogP contribution in [0.1, 0.15) is 96.5 Å². The van der Waals surface area contributed by atoms with Crippen LogP contribution in [0.3, 0.4) is 0 Å². The van der Waals surface area contributed by atoms with E-state index in [4.69, 9.17) is 37.1 Å². The number of nitrogens with two attached hydrogens (primary N) is 4. The van der Waals surface area contributed by atoms with Crippen LogP contribution in [0.15, 0.2) is 60.7 Å². The first-order chi connectivity index (χ1) is 21.0. The Labute approximate surface area is 267 Å². The van der Waals surface area contributed by atoms with E-state index in [9.17, 15) is 14.4 Å². The van der Waals surface area contributed by atoms with Crippen molar-refractivity contribution in [3.05, 3.63) is 66.2 Å². The first-order valence-electron chi connectivity index (χ1n) is 15.9. The van der Waals surface area contributed by atoms with Gasteiger partial charge in [-0.25, -0.2) is 14.4 Å². The van der Waals surface area contributed by atoms with E-state index in [0.29, 0.717) is 18.4 Å². The molecule has 0 saturated heterocycles. The van der Waals surface area contributed by atoms with Crippen LogP contribution in [0.2, 0.25) is 0 Å². The number of hydrogen-bond donors (Lipinski definition) is 4. The van der Waals surface area contributed by atoms with Gasteiger partial charge in [0.25, 0.3) is 0 Å². The van der Waals surface area contributed by atoms with Crippen LogP contribution in [0.5, 0.6) is 5.75 Å². The van der Waals surface area contributed by atoms with Crippen LogP contribution >= 0.6 is 0 Å². The number of hydrogen-bond acceptors (Lipinski definition) is 10. The highest BCUT2D eigenvalue weighted by Gasteiger charge is 2.70. The topological polar surface area (TPSA) is 214 Å². The fraction of sp³-hybridized carbons (Fsp3) is 0.559. The van der Waals surface area contributed by atoms with Gasteiger partial charge < -0.3 is 42.6 Å². The van der Waals surface area contributed by atoms with E-state index in [1.54, 1.807) is 49.4 Å². The van der Waals surface area contributed by atoms with Gasteiger partial charge in [-0.3, -0.25) is 0 Å². The van der Waals surface area contributed by atoms with E-state index in [1.807, 2.05) is 6.07 Å². The van der Waals surface area contributed by atoms with Gasteiger partial charge >= 0.3 is 17.9 Å². The predicted molar refractivity (Wildman–Crippen MR) is 175 cm³/mol. The molecule has 10 N–H and O–H groups in total. The van der Waals surface area contributed by atoms with Crippen molar-refractivity contribution in [2.45, 2.75) is 114 Å². The Morgan fingerprint density at radius 1 is 0.622 bits per heavy atom. The molecule has 0 spiro atoms. The van der Waals surface area contributed by atoms with Crippen LogP contribution in [0.4, 0.5) is 0 Å². The average Bonchev–Trinajstić information content (AvgIpc) is 3.02. The van der Waals surface area contributed by atoms with Crippen molar-refractivity contribution < 1.29 is 34.1 Å². The van der Waals surface area contributed by atoms with Gasteiger partial charge in [-0.1, -0.05) is 126 Å². The highest BCUT2D eigenvalue weighted by Crippen LogP contribution is 2.34. The summed E-state index contributed by atoms with van der Waals surface area (Å²) in [4.78, 5) is 40.9. The summed E-state index contributed by atoms with van der Waals surface area (Å²) in [6.45, 7) is 3.54. The Morgan fingerprint density at radius 3 is 1.62 bits per heavy atom. The first kappa shape index (κ1) is 39.7. The average molecular weight is 631 g/mol. The maximum atomic E-state index is 13.9. The van der Waals surface area contributed by atoms with Crippen molar-refractivity contribution in [1.82, 2.24) is 0 Å². The number of rotatable bonds is 21. The third-order valence-electron chi connectivity index (χ3n) is 8.00. The lowest BCUT2D eigenvalue weighted by atomic mass is 9.67. The maximum Gasteiger partial charge on any atom is 0.343 e. The van der Waals surface area contributed by atoms with Crippen molar-refractivity contribution in [2.75, 3.05) is 6.61 Å². The van der Waals surface area contributed by atoms with Crippen molar-refractivity contribution in [2.24, 2.45) is 22.9 Å². The summed E-state index contributed by atoms with van der Waals surface area (Å²) in [6.07, 6.45) is 11.5. The molecule has 2 aromatic carbocycles. The van der Waals surface area contributed by atoms with E-state index in [0.717, 1.165) is 19.3 Å². The van der Waals surface area contributed by atoms with Crippen LogP contribution in [-0.2, 0) is 30.5 Å². The molecule has 252 valence electrons. The first-order valence-corrected chi connectivity index (χ1v) is 15.9. The Kier molecular flexibility index (Phi) is 17.6. The molecule has 0 aromatic heterocycles. The number of para-hydroxylation sites is 1. The van der Waals surface area contributed by atoms with Gasteiger partial charge in [0.15, 0.2) is 11.2 Å². The Balaban J connectivity index is 0.0000101. The molecule has 0 aliphatic carbocycles. The molecule has 0 bridgehead atoms. The quantitative estimate of drug-likeness (QED) is 0.0677. The second-order valence-electron chi connectivity index (χ2n) is 11.4. The molecule has 2 unspecified atom stereocenters. The van der Waals surface area contributed by atoms with E-state index < -0.39 is 34.6 Å². The molecule has 2 atom stereocenters. The molecule has 0 aliphatic heterocycles. The van der Waals surface area contributed by atoms with E-state index in [2.05, 4.69) is 6.92 Å². The lowest BCUT2D eigenvalue weighted by Gasteiger charge is -2.48. The standard InChI is InChI=1S/C34H52N4O6.H2O/c1-3-5-6-7-8-9-10-11-12-13-20-25-32(35,29(39)42-4-2)33(36,30(40)44-28-23-18-15-19-24-28)34(37,38)31(41)43-26-27-21-16-14-17-22-27;/h14-19,21-24H,3-13,20,25-26,35-38H2,1-2H3;1H2. The minimum absolute atomic E-state index is 0. The highest BCUT2D eigenvalue weighted by molar-refractivity contribution is 6.02. The highest BCUT2D eigenvalue weighted by atomic mass is 16.6. The number of carbonyl (C=O) groups excluding carboxylic acids is 3. The molecule has 11 heteroatoms.